The Kier molecular flexibility index (Phi) is 2.96. The second-order valence-corrected chi connectivity index (χ2v) is 4.60. The molecule has 1 fully saturated rings. The van der Waals surface area contributed by atoms with Crippen molar-refractivity contribution < 1.29 is 4.74 Å². The van der Waals surface area contributed by atoms with E-state index in [-0.39, 0.29) is 12.1 Å². The lowest BCUT2D eigenvalue weighted by molar-refractivity contribution is 0.242. The summed E-state index contributed by atoms with van der Waals surface area (Å²) in [7, 11) is 0. The zero-order valence-electron chi connectivity index (χ0n) is 9.44. The monoisotopic (exact) mass is 205 g/mol. The fraction of sp³-hybridized carbons (Fsp3) is 0.538. The summed E-state index contributed by atoms with van der Waals surface area (Å²) in [4.78, 5) is 0. The van der Waals surface area contributed by atoms with Crippen LogP contribution in [-0.2, 0) is 0 Å². The molecule has 15 heavy (non-hydrogen) atoms. The molecule has 1 aromatic carbocycles. The van der Waals surface area contributed by atoms with Gasteiger partial charge in [0.25, 0.3) is 0 Å². The summed E-state index contributed by atoms with van der Waals surface area (Å²) in [6.45, 7) is 4.06. The van der Waals surface area contributed by atoms with Crippen LogP contribution in [0.4, 0.5) is 0 Å². The van der Waals surface area contributed by atoms with E-state index in [1.807, 2.05) is 26.0 Å². The van der Waals surface area contributed by atoms with Crippen molar-refractivity contribution in [2.45, 2.75) is 38.8 Å². The lowest BCUT2D eigenvalue weighted by Crippen LogP contribution is -2.12. The van der Waals surface area contributed by atoms with Crippen LogP contribution in [0.5, 0.6) is 5.75 Å². The molecule has 82 valence electrons. The Bertz CT molecular complexity index is 314. The highest BCUT2D eigenvalue weighted by atomic mass is 16.5. The van der Waals surface area contributed by atoms with Crippen molar-refractivity contribution in [1.29, 1.82) is 0 Å². The summed E-state index contributed by atoms with van der Waals surface area (Å²) in [5, 5.41) is 0. The molecule has 1 aliphatic carbocycles. The van der Waals surface area contributed by atoms with Gasteiger partial charge in [-0.2, -0.15) is 0 Å². The molecule has 2 nitrogen and oxygen atoms in total. The van der Waals surface area contributed by atoms with Gasteiger partial charge in [-0.25, -0.2) is 0 Å². The van der Waals surface area contributed by atoms with E-state index < -0.39 is 0 Å². The molecule has 1 unspecified atom stereocenters. The molecule has 2 rings (SSSR count). The average Bonchev–Trinajstić information content (AvgIpc) is 3.00. The topological polar surface area (TPSA) is 35.2 Å². The highest BCUT2D eigenvalue weighted by Crippen LogP contribution is 2.39. The molecular formula is C13H19NO. The van der Waals surface area contributed by atoms with Gasteiger partial charge < -0.3 is 10.5 Å². The first-order chi connectivity index (χ1) is 7.16. The normalized spacial score (nSPS) is 17.9. The molecule has 1 aliphatic rings. The van der Waals surface area contributed by atoms with Crippen LogP contribution in [-0.4, -0.2) is 6.10 Å². The van der Waals surface area contributed by atoms with E-state index in [1.54, 1.807) is 0 Å². The summed E-state index contributed by atoms with van der Waals surface area (Å²) in [6.07, 6.45) is 2.80. The van der Waals surface area contributed by atoms with Crippen LogP contribution in [0, 0.1) is 5.92 Å². The zero-order valence-corrected chi connectivity index (χ0v) is 9.44. The molecule has 2 heteroatoms. The van der Waals surface area contributed by atoms with Crippen molar-refractivity contribution in [2.24, 2.45) is 11.7 Å². The number of ether oxygens (including phenoxy) is 1. The van der Waals surface area contributed by atoms with Gasteiger partial charge in [0, 0.05) is 6.04 Å². The van der Waals surface area contributed by atoms with Crippen LogP contribution in [0.3, 0.4) is 0 Å². The number of benzene rings is 1. The van der Waals surface area contributed by atoms with Crippen LogP contribution < -0.4 is 10.5 Å². The Morgan fingerprint density at radius 1 is 1.20 bits per heavy atom. The van der Waals surface area contributed by atoms with Gasteiger partial charge in [-0.1, -0.05) is 12.1 Å². The molecule has 0 bridgehead atoms. The van der Waals surface area contributed by atoms with Gasteiger partial charge >= 0.3 is 0 Å². The molecule has 0 radical (unpaired) electrons. The maximum Gasteiger partial charge on any atom is 0.119 e. The average molecular weight is 205 g/mol. The van der Waals surface area contributed by atoms with E-state index in [9.17, 15) is 0 Å². The Labute approximate surface area is 91.4 Å². The lowest BCUT2D eigenvalue weighted by atomic mass is 10.0. The first kappa shape index (κ1) is 10.5. The smallest absolute Gasteiger partial charge is 0.119 e. The molecule has 0 saturated heterocycles. The van der Waals surface area contributed by atoms with Crippen molar-refractivity contribution in [3.63, 3.8) is 0 Å². The summed E-state index contributed by atoms with van der Waals surface area (Å²) in [5.74, 6) is 1.64. The van der Waals surface area contributed by atoms with Crippen molar-refractivity contribution in [2.75, 3.05) is 0 Å². The number of hydrogen-bond acceptors (Lipinski definition) is 2. The van der Waals surface area contributed by atoms with Gasteiger partial charge in [0.1, 0.15) is 5.75 Å². The highest BCUT2D eigenvalue weighted by Gasteiger charge is 2.29. The van der Waals surface area contributed by atoms with Gasteiger partial charge in [-0.15, -0.1) is 0 Å². The summed E-state index contributed by atoms with van der Waals surface area (Å²) in [5.41, 5.74) is 7.34. The van der Waals surface area contributed by atoms with Crippen LogP contribution in [0.15, 0.2) is 24.3 Å². The largest absolute Gasteiger partial charge is 0.491 e. The minimum Gasteiger partial charge on any atom is -0.491 e. The molecule has 1 aromatic rings. The van der Waals surface area contributed by atoms with Gasteiger partial charge in [0.05, 0.1) is 6.10 Å². The van der Waals surface area contributed by atoms with E-state index in [4.69, 9.17) is 10.5 Å². The number of nitrogens with two attached hydrogens (primary N) is 1. The predicted molar refractivity (Wildman–Crippen MR) is 61.9 cm³/mol. The minimum absolute atomic E-state index is 0.220. The van der Waals surface area contributed by atoms with Crippen LogP contribution in [0.2, 0.25) is 0 Å². The first-order valence-electron chi connectivity index (χ1n) is 5.69. The molecule has 0 aromatic heterocycles. The van der Waals surface area contributed by atoms with E-state index in [2.05, 4.69) is 12.1 Å². The molecule has 0 aliphatic heterocycles. The molecule has 0 spiro atoms. The standard InChI is InChI=1S/C13H19NO/c1-9(2)15-12-7-5-11(6-8-12)13(14)10-3-4-10/h5-10,13H,3-4,14H2,1-2H3. The third-order valence-electron chi connectivity index (χ3n) is 2.77. The molecule has 0 amide bonds. The Hall–Kier alpha value is -1.02. The van der Waals surface area contributed by atoms with Crippen molar-refractivity contribution in [3.05, 3.63) is 29.8 Å². The van der Waals surface area contributed by atoms with Gasteiger partial charge in [0.15, 0.2) is 0 Å². The third kappa shape index (κ3) is 2.72. The summed E-state index contributed by atoms with van der Waals surface area (Å²) < 4.78 is 5.58. The first-order valence-corrected chi connectivity index (χ1v) is 5.69. The van der Waals surface area contributed by atoms with Crippen molar-refractivity contribution in [3.8, 4) is 5.75 Å². The second kappa shape index (κ2) is 4.23. The van der Waals surface area contributed by atoms with E-state index in [1.165, 1.54) is 18.4 Å². The molecule has 1 atom stereocenters. The van der Waals surface area contributed by atoms with Crippen molar-refractivity contribution >= 4 is 0 Å². The fourth-order valence-electron chi connectivity index (χ4n) is 1.77. The van der Waals surface area contributed by atoms with Crippen LogP contribution in [0.25, 0.3) is 0 Å². The fourth-order valence-corrected chi connectivity index (χ4v) is 1.77. The number of rotatable bonds is 4. The maximum atomic E-state index is 6.11. The van der Waals surface area contributed by atoms with Gasteiger partial charge in [-0.05, 0) is 50.3 Å². The SMILES string of the molecule is CC(C)Oc1ccc(C(N)C2CC2)cc1. The lowest BCUT2D eigenvalue weighted by Gasteiger charge is -2.13. The summed E-state index contributed by atoms with van der Waals surface area (Å²) in [6, 6.07) is 8.41. The summed E-state index contributed by atoms with van der Waals surface area (Å²) >= 11 is 0. The molecule has 0 heterocycles. The predicted octanol–water partition coefficient (Wildman–Crippen LogP) is 2.88. The van der Waals surface area contributed by atoms with Crippen LogP contribution >= 0.6 is 0 Å². The maximum absolute atomic E-state index is 6.11. The Balaban J connectivity index is 2.02. The van der Waals surface area contributed by atoms with Gasteiger partial charge in [0.2, 0.25) is 0 Å². The third-order valence-corrected chi connectivity index (χ3v) is 2.77. The van der Waals surface area contributed by atoms with E-state index in [0.29, 0.717) is 5.92 Å². The quantitative estimate of drug-likeness (QED) is 0.820. The molecule has 2 N–H and O–H groups in total. The van der Waals surface area contributed by atoms with Gasteiger partial charge in [-0.3, -0.25) is 0 Å². The Morgan fingerprint density at radius 3 is 2.27 bits per heavy atom. The van der Waals surface area contributed by atoms with Crippen LogP contribution in [0.1, 0.15) is 38.3 Å². The number of hydrogen-bond donors (Lipinski definition) is 1. The minimum atomic E-state index is 0.220. The molecular weight excluding hydrogens is 186 g/mol. The highest BCUT2D eigenvalue weighted by molar-refractivity contribution is 5.30. The van der Waals surface area contributed by atoms with Crippen molar-refractivity contribution in [1.82, 2.24) is 0 Å². The molecule has 1 saturated carbocycles. The Morgan fingerprint density at radius 2 is 1.80 bits per heavy atom. The zero-order chi connectivity index (χ0) is 10.8. The second-order valence-electron chi connectivity index (χ2n) is 4.60. The van der Waals surface area contributed by atoms with E-state index in [0.717, 1.165) is 5.75 Å². The van der Waals surface area contributed by atoms with E-state index >= 15 is 0 Å².